The Hall–Kier alpha value is -1.76. The highest BCUT2D eigenvalue weighted by atomic mass is 79.9. The van der Waals surface area contributed by atoms with Gasteiger partial charge in [0.25, 0.3) is 5.91 Å². The summed E-state index contributed by atoms with van der Waals surface area (Å²) in [6.45, 7) is 2.15. The van der Waals surface area contributed by atoms with Crippen molar-refractivity contribution in [1.82, 2.24) is 25.1 Å². The van der Waals surface area contributed by atoms with Crippen LogP contribution in [0.4, 0.5) is 0 Å². The first-order valence-corrected chi connectivity index (χ1v) is 6.11. The average Bonchev–Trinajstić information content (AvgIpc) is 2.66. The smallest absolute Gasteiger partial charge is 0.289 e. The Kier molecular flexibility index (Phi) is 3.71. The summed E-state index contributed by atoms with van der Waals surface area (Å²) < 4.78 is 2.34. The van der Waals surface area contributed by atoms with Crippen molar-refractivity contribution < 1.29 is 4.79 Å². The molecule has 2 rings (SSSR count). The number of carbonyl (C=O) groups is 1. The van der Waals surface area contributed by atoms with Gasteiger partial charge in [-0.15, -0.1) is 0 Å². The predicted molar refractivity (Wildman–Crippen MR) is 68.8 cm³/mol. The van der Waals surface area contributed by atoms with Gasteiger partial charge in [0.15, 0.2) is 0 Å². The normalized spacial score (nSPS) is 10.4. The second kappa shape index (κ2) is 5.26. The van der Waals surface area contributed by atoms with Crippen molar-refractivity contribution in [2.24, 2.45) is 7.05 Å². The van der Waals surface area contributed by atoms with Crippen LogP contribution in [0.15, 0.2) is 22.9 Å². The SMILES string of the molecule is Cc1nc(C(=O)NCc2cncc(Br)c2)n(C)n1. The minimum absolute atomic E-state index is 0.252. The molecule has 0 saturated carbocycles. The van der Waals surface area contributed by atoms with Gasteiger partial charge >= 0.3 is 0 Å². The minimum Gasteiger partial charge on any atom is -0.345 e. The number of rotatable bonds is 3. The lowest BCUT2D eigenvalue weighted by molar-refractivity contribution is 0.0936. The van der Waals surface area contributed by atoms with Gasteiger partial charge in [-0.1, -0.05) is 0 Å². The Morgan fingerprint density at radius 3 is 2.89 bits per heavy atom. The second-order valence-electron chi connectivity index (χ2n) is 3.80. The Morgan fingerprint density at radius 2 is 2.28 bits per heavy atom. The zero-order valence-corrected chi connectivity index (χ0v) is 11.6. The summed E-state index contributed by atoms with van der Waals surface area (Å²) in [4.78, 5) is 20.0. The molecule has 0 aliphatic carbocycles. The molecule has 1 N–H and O–H groups in total. The molecule has 0 fully saturated rings. The van der Waals surface area contributed by atoms with E-state index in [0.29, 0.717) is 18.2 Å². The van der Waals surface area contributed by atoms with E-state index >= 15 is 0 Å². The first kappa shape index (κ1) is 12.7. The van der Waals surface area contributed by atoms with Crippen molar-refractivity contribution in [3.63, 3.8) is 0 Å². The van der Waals surface area contributed by atoms with E-state index in [1.165, 1.54) is 4.68 Å². The molecule has 6 nitrogen and oxygen atoms in total. The van der Waals surface area contributed by atoms with Crippen molar-refractivity contribution in [2.75, 3.05) is 0 Å². The van der Waals surface area contributed by atoms with Crippen molar-refractivity contribution in [3.8, 4) is 0 Å². The van der Waals surface area contributed by atoms with Crippen LogP contribution < -0.4 is 5.32 Å². The number of hydrogen-bond donors (Lipinski definition) is 1. The number of nitrogens with zero attached hydrogens (tertiary/aromatic N) is 4. The fourth-order valence-electron chi connectivity index (χ4n) is 1.52. The summed E-state index contributed by atoms with van der Waals surface area (Å²) >= 11 is 3.33. The predicted octanol–water partition coefficient (Wildman–Crippen LogP) is 1.21. The molecular weight excluding hydrogens is 298 g/mol. The van der Waals surface area contributed by atoms with Crippen LogP contribution in [0.2, 0.25) is 0 Å². The Bertz CT molecular complexity index is 581. The molecule has 0 aromatic carbocycles. The number of carbonyl (C=O) groups excluding carboxylic acids is 1. The highest BCUT2D eigenvalue weighted by Gasteiger charge is 2.13. The second-order valence-corrected chi connectivity index (χ2v) is 4.72. The van der Waals surface area contributed by atoms with E-state index in [1.807, 2.05) is 6.07 Å². The number of halogens is 1. The van der Waals surface area contributed by atoms with Crippen LogP contribution in [0, 0.1) is 6.92 Å². The molecule has 18 heavy (non-hydrogen) atoms. The molecule has 94 valence electrons. The fourth-order valence-corrected chi connectivity index (χ4v) is 1.94. The van der Waals surface area contributed by atoms with Crippen LogP contribution in [-0.4, -0.2) is 25.7 Å². The summed E-state index contributed by atoms with van der Waals surface area (Å²) in [6, 6.07) is 1.90. The van der Waals surface area contributed by atoms with E-state index < -0.39 is 0 Å². The van der Waals surface area contributed by atoms with Crippen LogP contribution in [0.5, 0.6) is 0 Å². The molecule has 2 aromatic rings. The molecule has 0 aliphatic rings. The summed E-state index contributed by atoms with van der Waals surface area (Å²) in [7, 11) is 1.69. The molecular formula is C11H12BrN5O. The number of amides is 1. The molecule has 0 saturated heterocycles. The molecule has 0 radical (unpaired) electrons. The van der Waals surface area contributed by atoms with E-state index in [0.717, 1.165) is 10.0 Å². The quantitative estimate of drug-likeness (QED) is 0.925. The Balaban J connectivity index is 2.03. The van der Waals surface area contributed by atoms with Crippen LogP contribution >= 0.6 is 15.9 Å². The minimum atomic E-state index is -0.252. The third-order valence-corrected chi connectivity index (χ3v) is 2.72. The molecule has 2 aromatic heterocycles. The van der Waals surface area contributed by atoms with Crippen LogP contribution in [0.25, 0.3) is 0 Å². The Morgan fingerprint density at radius 1 is 1.50 bits per heavy atom. The van der Waals surface area contributed by atoms with Gasteiger partial charge < -0.3 is 5.32 Å². The van der Waals surface area contributed by atoms with Gasteiger partial charge in [0.1, 0.15) is 5.82 Å². The molecule has 7 heteroatoms. The summed E-state index contributed by atoms with van der Waals surface area (Å²) in [5, 5.41) is 6.80. The monoisotopic (exact) mass is 309 g/mol. The molecule has 0 bridgehead atoms. The number of hydrogen-bond acceptors (Lipinski definition) is 4. The zero-order valence-electron chi connectivity index (χ0n) is 10.0. The molecule has 0 aliphatic heterocycles. The first-order valence-electron chi connectivity index (χ1n) is 5.31. The number of pyridine rings is 1. The van der Waals surface area contributed by atoms with E-state index in [2.05, 4.69) is 36.3 Å². The van der Waals surface area contributed by atoms with Gasteiger partial charge in [-0.25, -0.2) is 9.67 Å². The molecule has 1 amide bonds. The van der Waals surface area contributed by atoms with E-state index in [1.54, 1.807) is 26.4 Å². The average molecular weight is 310 g/mol. The maximum atomic E-state index is 11.9. The van der Waals surface area contributed by atoms with Crippen molar-refractivity contribution in [2.45, 2.75) is 13.5 Å². The summed E-state index contributed by atoms with van der Waals surface area (Å²) in [5.41, 5.74) is 0.914. The third-order valence-electron chi connectivity index (χ3n) is 2.29. The zero-order chi connectivity index (χ0) is 13.1. The van der Waals surface area contributed by atoms with Gasteiger partial charge in [0.2, 0.25) is 5.82 Å². The van der Waals surface area contributed by atoms with Gasteiger partial charge in [0, 0.05) is 30.5 Å². The van der Waals surface area contributed by atoms with Gasteiger partial charge in [-0.3, -0.25) is 9.78 Å². The van der Waals surface area contributed by atoms with Crippen LogP contribution in [0.3, 0.4) is 0 Å². The number of nitrogens with one attached hydrogen (secondary N) is 1. The summed E-state index contributed by atoms with van der Waals surface area (Å²) in [5.74, 6) is 0.625. The number of aromatic nitrogens is 4. The van der Waals surface area contributed by atoms with Crippen LogP contribution in [0.1, 0.15) is 22.0 Å². The number of aryl methyl sites for hydroxylation is 2. The lowest BCUT2D eigenvalue weighted by Crippen LogP contribution is -2.26. The van der Waals surface area contributed by atoms with Crippen molar-refractivity contribution in [1.29, 1.82) is 0 Å². The molecule has 2 heterocycles. The van der Waals surface area contributed by atoms with Gasteiger partial charge in [-0.2, -0.15) is 5.10 Å². The van der Waals surface area contributed by atoms with Gasteiger partial charge in [-0.05, 0) is 34.5 Å². The lowest BCUT2D eigenvalue weighted by Gasteiger charge is -2.04. The van der Waals surface area contributed by atoms with E-state index in [4.69, 9.17) is 0 Å². The van der Waals surface area contributed by atoms with Crippen molar-refractivity contribution in [3.05, 3.63) is 40.1 Å². The van der Waals surface area contributed by atoms with E-state index in [9.17, 15) is 4.79 Å². The highest BCUT2D eigenvalue weighted by Crippen LogP contribution is 2.09. The largest absolute Gasteiger partial charge is 0.345 e. The Labute approximate surface area is 113 Å². The maximum absolute atomic E-state index is 11.9. The highest BCUT2D eigenvalue weighted by molar-refractivity contribution is 9.10. The molecule has 0 unspecified atom stereocenters. The third kappa shape index (κ3) is 2.92. The van der Waals surface area contributed by atoms with Crippen LogP contribution in [-0.2, 0) is 13.6 Å². The lowest BCUT2D eigenvalue weighted by atomic mass is 10.3. The van der Waals surface area contributed by atoms with Crippen molar-refractivity contribution >= 4 is 21.8 Å². The van der Waals surface area contributed by atoms with Gasteiger partial charge in [0.05, 0.1) is 0 Å². The first-order chi connectivity index (χ1) is 8.56. The molecule has 0 spiro atoms. The summed E-state index contributed by atoms with van der Waals surface area (Å²) in [6.07, 6.45) is 3.39. The van der Waals surface area contributed by atoms with E-state index in [-0.39, 0.29) is 5.91 Å². The fraction of sp³-hybridized carbons (Fsp3) is 0.273. The topological polar surface area (TPSA) is 72.7 Å². The maximum Gasteiger partial charge on any atom is 0.289 e. The standard InChI is InChI=1S/C11H12BrN5O/c1-7-15-10(17(2)16-7)11(18)14-5-8-3-9(12)6-13-4-8/h3-4,6H,5H2,1-2H3,(H,14,18). The molecule has 0 atom stereocenters.